The van der Waals surface area contributed by atoms with Crippen LogP contribution in [0.3, 0.4) is 0 Å². The van der Waals surface area contributed by atoms with Gasteiger partial charge in [-0.25, -0.2) is 4.79 Å². The monoisotopic (exact) mass is 327 g/mol. The zero-order valence-electron chi connectivity index (χ0n) is 12.7. The van der Waals surface area contributed by atoms with Gasteiger partial charge in [0, 0.05) is 12.5 Å². The number of carboxylic acids is 1. The normalized spacial score (nSPS) is 12.0. The SMILES string of the molecule is O=C(/C=C/c1ccc(O)c(O)c1)NC(Cc1ccccc1)C(=O)O. The van der Waals surface area contributed by atoms with Crippen molar-refractivity contribution < 1.29 is 24.9 Å². The van der Waals surface area contributed by atoms with Crippen LogP contribution < -0.4 is 5.32 Å². The van der Waals surface area contributed by atoms with E-state index in [0.29, 0.717) is 5.56 Å². The number of aliphatic carboxylic acids is 1. The van der Waals surface area contributed by atoms with E-state index in [-0.39, 0.29) is 17.9 Å². The molecule has 6 nitrogen and oxygen atoms in total. The summed E-state index contributed by atoms with van der Waals surface area (Å²) in [4.78, 5) is 23.2. The summed E-state index contributed by atoms with van der Waals surface area (Å²) in [5.41, 5.74) is 1.30. The molecule has 2 rings (SSSR count). The summed E-state index contributed by atoms with van der Waals surface area (Å²) < 4.78 is 0. The maximum atomic E-state index is 11.9. The fourth-order valence-electron chi connectivity index (χ4n) is 2.09. The lowest BCUT2D eigenvalue weighted by Crippen LogP contribution is -2.41. The zero-order chi connectivity index (χ0) is 17.5. The number of phenolic OH excluding ortho intramolecular Hbond substituents is 2. The second kappa shape index (κ2) is 7.82. The second-order valence-corrected chi connectivity index (χ2v) is 5.17. The van der Waals surface area contributed by atoms with E-state index >= 15 is 0 Å². The van der Waals surface area contributed by atoms with Gasteiger partial charge in [-0.15, -0.1) is 0 Å². The zero-order valence-corrected chi connectivity index (χ0v) is 12.7. The molecule has 124 valence electrons. The fourth-order valence-corrected chi connectivity index (χ4v) is 2.09. The molecule has 6 heteroatoms. The van der Waals surface area contributed by atoms with Gasteiger partial charge in [-0.2, -0.15) is 0 Å². The third-order valence-corrected chi connectivity index (χ3v) is 3.32. The van der Waals surface area contributed by atoms with Crippen LogP contribution in [0.4, 0.5) is 0 Å². The smallest absolute Gasteiger partial charge is 0.326 e. The molecule has 0 saturated carbocycles. The Balaban J connectivity index is 2.01. The van der Waals surface area contributed by atoms with Crippen molar-refractivity contribution in [3.05, 3.63) is 65.7 Å². The van der Waals surface area contributed by atoms with E-state index in [2.05, 4.69) is 5.32 Å². The summed E-state index contributed by atoms with van der Waals surface area (Å²) in [6.07, 6.45) is 2.76. The summed E-state index contributed by atoms with van der Waals surface area (Å²) >= 11 is 0. The molecule has 2 aromatic carbocycles. The maximum absolute atomic E-state index is 11.9. The molecule has 1 unspecified atom stereocenters. The molecule has 0 aliphatic rings. The highest BCUT2D eigenvalue weighted by Crippen LogP contribution is 2.25. The Hall–Kier alpha value is -3.28. The molecule has 2 aromatic rings. The van der Waals surface area contributed by atoms with E-state index in [4.69, 9.17) is 0 Å². The van der Waals surface area contributed by atoms with Crippen LogP contribution in [0.2, 0.25) is 0 Å². The van der Waals surface area contributed by atoms with E-state index < -0.39 is 17.9 Å². The second-order valence-electron chi connectivity index (χ2n) is 5.17. The molecular weight excluding hydrogens is 310 g/mol. The van der Waals surface area contributed by atoms with Crippen molar-refractivity contribution in [2.75, 3.05) is 0 Å². The average molecular weight is 327 g/mol. The molecule has 0 spiro atoms. The molecule has 1 amide bonds. The van der Waals surface area contributed by atoms with Crippen LogP contribution in [0.1, 0.15) is 11.1 Å². The molecule has 0 saturated heterocycles. The van der Waals surface area contributed by atoms with E-state index in [1.807, 2.05) is 6.07 Å². The van der Waals surface area contributed by atoms with E-state index in [9.17, 15) is 24.9 Å². The van der Waals surface area contributed by atoms with Gasteiger partial charge in [0.15, 0.2) is 11.5 Å². The first-order valence-electron chi connectivity index (χ1n) is 7.23. The standard InChI is InChI=1S/C18H17NO5/c20-15-8-6-13(11-16(15)21)7-9-17(22)19-14(18(23)24)10-12-4-2-1-3-5-12/h1-9,11,14,20-21H,10H2,(H,19,22)(H,23,24)/b9-7+. The lowest BCUT2D eigenvalue weighted by Gasteiger charge is -2.13. The molecule has 0 radical (unpaired) electrons. The highest BCUT2D eigenvalue weighted by molar-refractivity contribution is 5.94. The lowest BCUT2D eigenvalue weighted by molar-refractivity contribution is -0.141. The number of amides is 1. The molecule has 24 heavy (non-hydrogen) atoms. The number of hydrogen-bond donors (Lipinski definition) is 4. The number of rotatable bonds is 6. The lowest BCUT2D eigenvalue weighted by atomic mass is 10.1. The van der Waals surface area contributed by atoms with Crippen molar-refractivity contribution in [1.29, 1.82) is 0 Å². The van der Waals surface area contributed by atoms with Gasteiger partial charge in [-0.1, -0.05) is 36.4 Å². The predicted octanol–water partition coefficient (Wildman–Crippen LogP) is 1.92. The number of phenols is 2. The molecule has 0 aliphatic carbocycles. The average Bonchev–Trinajstić information content (AvgIpc) is 2.56. The van der Waals surface area contributed by atoms with E-state index in [1.54, 1.807) is 24.3 Å². The van der Waals surface area contributed by atoms with Gasteiger partial charge in [-0.3, -0.25) is 4.79 Å². The van der Waals surface area contributed by atoms with Gasteiger partial charge in [0.05, 0.1) is 0 Å². The Morgan fingerprint density at radius 3 is 2.38 bits per heavy atom. The first-order valence-corrected chi connectivity index (χ1v) is 7.23. The van der Waals surface area contributed by atoms with Crippen LogP contribution in [0.25, 0.3) is 6.08 Å². The first-order chi connectivity index (χ1) is 11.5. The first kappa shape index (κ1) is 17.1. The third-order valence-electron chi connectivity index (χ3n) is 3.32. The minimum absolute atomic E-state index is 0.176. The Bertz CT molecular complexity index is 755. The summed E-state index contributed by atoms with van der Waals surface area (Å²) in [5.74, 6) is -2.25. The van der Waals surface area contributed by atoms with Crippen LogP contribution in [0, 0.1) is 0 Å². The summed E-state index contributed by atoms with van der Waals surface area (Å²) in [7, 11) is 0. The number of carbonyl (C=O) groups excluding carboxylic acids is 1. The topological polar surface area (TPSA) is 107 Å². The molecule has 0 aliphatic heterocycles. The number of carbonyl (C=O) groups is 2. The fraction of sp³-hybridized carbons (Fsp3) is 0.111. The minimum atomic E-state index is -1.12. The summed E-state index contributed by atoms with van der Waals surface area (Å²) in [6.45, 7) is 0. The number of aromatic hydroxyl groups is 2. The number of carboxylic acid groups (broad SMARTS) is 1. The molecular formula is C18H17NO5. The summed E-state index contributed by atoms with van der Waals surface area (Å²) in [5, 5.41) is 30.3. The predicted molar refractivity (Wildman–Crippen MR) is 88.5 cm³/mol. The van der Waals surface area contributed by atoms with Crippen LogP contribution in [0.15, 0.2) is 54.6 Å². The molecule has 0 aromatic heterocycles. The van der Waals surface area contributed by atoms with Crippen LogP contribution in [-0.2, 0) is 16.0 Å². The highest BCUT2D eigenvalue weighted by Gasteiger charge is 2.19. The van der Waals surface area contributed by atoms with Gasteiger partial charge in [0.1, 0.15) is 6.04 Å². The van der Waals surface area contributed by atoms with Gasteiger partial charge >= 0.3 is 5.97 Å². The Morgan fingerprint density at radius 2 is 1.75 bits per heavy atom. The van der Waals surface area contributed by atoms with E-state index in [0.717, 1.165) is 5.56 Å². The van der Waals surface area contributed by atoms with Crippen molar-refractivity contribution in [2.45, 2.75) is 12.5 Å². The molecule has 0 fully saturated rings. The quantitative estimate of drug-likeness (QED) is 0.479. The van der Waals surface area contributed by atoms with Gasteiger partial charge in [0.25, 0.3) is 0 Å². The van der Waals surface area contributed by atoms with Gasteiger partial charge < -0.3 is 20.6 Å². The molecule has 0 heterocycles. The third kappa shape index (κ3) is 4.88. The van der Waals surface area contributed by atoms with E-state index in [1.165, 1.54) is 30.4 Å². The van der Waals surface area contributed by atoms with Crippen molar-refractivity contribution in [1.82, 2.24) is 5.32 Å². The van der Waals surface area contributed by atoms with Crippen molar-refractivity contribution >= 4 is 18.0 Å². The number of nitrogens with one attached hydrogen (secondary N) is 1. The van der Waals surface area contributed by atoms with Crippen LogP contribution in [0.5, 0.6) is 11.5 Å². The number of benzene rings is 2. The largest absolute Gasteiger partial charge is 0.504 e. The van der Waals surface area contributed by atoms with Gasteiger partial charge in [0.2, 0.25) is 5.91 Å². The van der Waals surface area contributed by atoms with Crippen molar-refractivity contribution in [2.24, 2.45) is 0 Å². The Kier molecular flexibility index (Phi) is 5.57. The molecule has 1 atom stereocenters. The van der Waals surface area contributed by atoms with Crippen LogP contribution in [-0.4, -0.2) is 33.2 Å². The highest BCUT2D eigenvalue weighted by atomic mass is 16.4. The minimum Gasteiger partial charge on any atom is -0.504 e. The Labute approximate surface area is 138 Å². The van der Waals surface area contributed by atoms with Gasteiger partial charge in [-0.05, 0) is 29.3 Å². The molecule has 4 N–H and O–H groups in total. The Morgan fingerprint density at radius 1 is 1.04 bits per heavy atom. The maximum Gasteiger partial charge on any atom is 0.326 e. The molecule has 0 bridgehead atoms. The summed E-state index contributed by atoms with van der Waals surface area (Å²) in [6, 6.07) is 12.1. The van der Waals surface area contributed by atoms with Crippen LogP contribution >= 0.6 is 0 Å². The number of hydrogen-bond acceptors (Lipinski definition) is 4. The van der Waals surface area contributed by atoms with Crippen molar-refractivity contribution in [3.63, 3.8) is 0 Å². The van der Waals surface area contributed by atoms with Crippen molar-refractivity contribution in [3.8, 4) is 11.5 Å².